The highest BCUT2D eigenvalue weighted by Crippen LogP contribution is 2.29. The van der Waals surface area contributed by atoms with Crippen molar-refractivity contribution in [1.29, 1.82) is 0 Å². The van der Waals surface area contributed by atoms with Crippen molar-refractivity contribution in [2.75, 3.05) is 6.54 Å². The molecular formula is C16H14F3N5O3. The highest BCUT2D eigenvalue weighted by molar-refractivity contribution is 5.91. The molecule has 0 aliphatic heterocycles. The van der Waals surface area contributed by atoms with Crippen LogP contribution in [0.2, 0.25) is 0 Å². The number of nitrogens with zero attached hydrogens (tertiary/aromatic N) is 3. The van der Waals surface area contributed by atoms with E-state index in [0.717, 1.165) is 12.3 Å². The molecule has 2 amide bonds. The van der Waals surface area contributed by atoms with E-state index < -0.39 is 23.6 Å². The van der Waals surface area contributed by atoms with Crippen molar-refractivity contribution in [1.82, 2.24) is 25.2 Å². The number of nitrogens with one attached hydrogen (secondary N) is 2. The first-order chi connectivity index (χ1) is 12.8. The first-order valence-corrected chi connectivity index (χ1v) is 7.84. The molecule has 0 aromatic carbocycles. The number of rotatable bonds is 6. The monoisotopic (exact) mass is 381 g/mol. The van der Waals surface area contributed by atoms with Gasteiger partial charge in [-0.3, -0.25) is 14.0 Å². The van der Waals surface area contributed by atoms with Crippen molar-refractivity contribution in [2.24, 2.45) is 0 Å². The molecule has 0 spiro atoms. The zero-order chi connectivity index (χ0) is 19.4. The van der Waals surface area contributed by atoms with Crippen LogP contribution in [0.3, 0.4) is 0 Å². The molecule has 0 saturated heterocycles. The number of amides is 2. The molecule has 8 nitrogen and oxygen atoms in total. The lowest BCUT2D eigenvalue weighted by Crippen LogP contribution is -2.30. The third-order valence-corrected chi connectivity index (χ3v) is 3.63. The lowest BCUT2D eigenvalue weighted by molar-refractivity contribution is -0.137. The molecule has 27 heavy (non-hydrogen) atoms. The molecule has 142 valence electrons. The second-order valence-corrected chi connectivity index (χ2v) is 5.52. The van der Waals surface area contributed by atoms with E-state index in [-0.39, 0.29) is 36.7 Å². The summed E-state index contributed by atoms with van der Waals surface area (Å²) >= 11 is 0. The molecule has 0 bridgehead atoms. The van der Waals surface area contributed by atoms with E-state index in [4.69, 9.17) is 4.42 Å². The van der Waals surface area contributed by atoms with E-state index in [1.165, 1.54) is 22.8 Å². The molecular weight excluding hydrogens is 367 g/mol. The van der Waals surface area contributed by atoms with Gasteiger partial charge in [-0.2, -0.15) is 13.2 Å². The SMILES string of the molecule is O=C(CCNC(=O)c1ccco1)NCc1nnc2ccc(C(F)(F)F)cn12. The lowest BCUT2D eigenvalue weighted by Gasteiger charge is -2.08. The maximum absolute atomic E-state index is 12.8. The molecule has 2 N–H and O–H groups in total. The van der Waals surface area contributed by atoms with Crippen molar-refractivity contribution >= 4 is 17.5 Å². The van der Waals surface area contributed by atoms with Gasteiger partial charge in [0.25, 0.3) is 5.91 Å². The fourth-order valence-corrected chi connectivity index (χ4v) is 2.28. The summed E-state index contributed by atoms with van der Waals surface area (Å²) in [5, 5.41) is 12.6. The Hall–Kier alpha value is -3.37. The predicted molar refractivity (Wildman–Crippen MR) is 85.5 cm³/mol. The van der Waals surface area contributed by atoms with Gasteiger partial charge in [-0.15, -0.1) is 10.2 Å². The molecule has 11 heteroatoms. The summed E-state index contributed by atoms with van der Waals surface area (Å²) in [5.41, 5.74) is -0.610. The Labute approximate surface area is 150 Å². The van der Waals surface area contributed by atoms with Crippen LogP contribution in [0.4, 0.5) is 13.2 Å². The molecule has 3 heterocycles. The number of pyridine rings is 1. The number of alkyl halides is 3. The molecule has 3 aromatic heterocycles. The van der Waals surface area contributed by atoms with Crippen LogP contribution in [0.1, 0.15) is 28.4 Å². The van der Waals surface area contributed by atoms with Gasteiger partial charge in [0.05, 0.1) is 18.4 Å². The van der Waals surface area contributed by atoms with E-state index in [1.54, 1.807) is 6.07 Å². The fraction of sp³-hybridized carbons (Fsp3) is 0.250. The van der Waals surface area contributed by atoms with E-state index in [2.05, 4.69) is 20.8 Å². The largest absolute Gasteiger partial charge is 0.459 e. The topological polar surface area (TPSA) is 102 Å². The lowest BCUT2D eigenvalue weighted by atomic mass is 10.3. The van der Waals surface area contributed by atoms with Gasteiger partial charge in [-0.1, -0.05) is 0 Å². The molecule has 0 atom stereocenters. The Morgan fingerprint density at radius 2 is 1.96 bits per heavy atom. The zero-order valence-corrected chi connectivity index (χ0v) is 13.8. The van der Waals surface area contributed by atoms with E-state index in [0.29, 0.717) is 0 Å². The second-order valence-electron chi connectivity index (χ2n) is 5.52. The van der Waals surface area contributed by atoms with E-state index >= 15 is 0 Å². The number of fused-ring (bicyclic) bond motifs is 1. The van der Waals surface area contributed by atoms with Gasteiger partial charge in [-0.05, 0) is 24.3 Å². The highest BCUT2D eigenvalue weighted by Gasteiger charge is 2.31. The molecule has 0 unspecified atom stereocenters. The van der Waals surface area contributed by atoms with Gasteiger partial charge >= 0.3 is 6.18 Å². The molecule has 0 saturated carbocycles. The van der Waals surface area contributed by atoms with Crippen molar-refractivity contribution in [3.8, 4) is 0 Å². The molecule has 0 aliphatic rings. The van der Waals surface area contributed by atoms with Crippen LogP contribution in [0, 0.1) is 0 Å². The number of hydrogen-bond donors (Lipinski definition) is 2. The summed E-state index contributed by atoms with van der Waals surface area (Å²) in [6, 6.07) is 5.16. The number of halogens is 3. The first-order valence-electron chi connectivity index (χ1n) is 7.84. The summed E-state index contributed by atoms with van der Waals surface area (Å²) in [6.45, 7) is -0.0301. The van der Waals surface area contributed by atoms with Crippen LogP contribution in [-0.2, 0) is 17.5 Å². The molecule has 3 rings (SSSR count). The van der Waals surface area contributed by atoms with Gasteiger partial charge < -0.3 is 15.1 Å². The Balaban J connectivity index is 1.53. The molecule has 0 fully saturated rings. The summed E-state index contributed by atoms with van der Waals surface area (Å²) in [5.74, 6) is -0.565. The van der Waals surface area contributed by atoms with Crippen LogP contribution in [0.25, 0.3) is 5.65 Å². The summed E-state index contributed by atoms with van der Waals surface area (Å²) in [7, 11) is 0. The zero-order valence-electron chi connectivity index (χ0n) is 13.8. The van der Waals surface area contributed by atoms with Crippen LogP contribution in [0.5, 0.6) is 0 Å². The summed E-state index contributed by atoms with van der Waals surface area (Å²) in [6.07, 6.45) is -2.28. The van der Waals surface area contributed by atoms with Crippen LogP contribution in [-0.4, -0.2) is 33.0 Å². The maximum Gasteiger partial charge on any atom is 0.417 e. The number of furan rings is 1. The summed E-state index contributed by atoms with van der Waals surface area (Å²) < 4.78 is 44.5. The van der Waals surface area contributed by atoms with Gasteiger partial charge in [0.1, 0.15) is 0 Å². The van der Waals surface area contributed by atoms with Crippen LogP contribution >= 0.6 is 0 Å². The minimum absolute atomic E-state index is 0.0169. The minimum atomic E-state index is -4.49. The van der Waals surface area contributed by atoms with Crippen molar-refractivity contribution in [3.63, 3.8) is 0 Å². The third kappa shape index (κ3) is 4.43. The Kier molecular flexibility index (Phi) is 5.10. The second kappa shape index (κ2) is 7.48. The van der Waals surface area contributed by atoms with Crippen molar-refractivity contribution in [2.45, 2.75) is 19.1 Å². The number of hydrogen-bond acceptors (Lipinski definition) is 5. The smallest absolute Gasteiger partial charge is 0.417 e. The van der Waals surface area contributed by atoms with Gasteiger partial charge in [0.15, 0.2) is 17.2 Å². The highest BCUT2D eigenvalue weighted by atomic mass is 19.4. The average Bonchev–Trinajstić information content (AvgIpc) is 3.28. The van der Waals surface area contributed by atoms with Gasteiger partial charge in [-0.25, -0.2) is 0 Å². The maximum atomic E-state index is 12.8. The number of aromatic nitrogens is 3. The predicted octanol–water partition coefficient (Wildman–Crippen LogP) is 1.78. The van der Waals surface area contributed by atoms with Crippen molar-refractivity contribution < 1.29 is 27.2 Å². The third-order valence-electron chi connectivity index (χ3n) is 3.63. The first kappa shape index (κ1) is 18.4. The number of carbonyl (C=O) groups is 2. The van der Waals surface area contributed by atoms with E-state index in [1.807, 2.05) is 0 Å². The Morgan fingerprint density at radius 3 is 2.67 bits per heavy atom. The molecule has 3 aromatic rings. The van der Waals surface area contributed by atoms with Gasteiger partial charge in [0.2, 0.25) is 5.91 Å². The van der Waals surface area contributed by atoms with Crippen molar-refractivity contribution in [3.05, 3.63) is 53.9 Å². The standard InChI is InChI=1S/C16H14F3N5O3/c17-16(18,19)10-3-4-12-22-23-13(24(12)9-10)8-21-14(25)5-6-20-15(26)11-2-1-7-27-11/h1-4,7,9H,5-6,8H2,(H,20,26)(H,21,25). The average molecular weight is 381 g/mol. The fourth-order valence-electron chi connectivity index (χ4n) is 2.28. The van der Waals surface area contributed by atoms with Crippen LogP contribution in [0.15, 0.2) is 41.1 Å². The molecule has 0 aliphatic carbocycles. The van der Waals surface area contributed by atoms with Crippen LogP contribution < -0.4 is 10.6 Å². The number of carbonyl (C=O) groups excluding carboxylic acids is 2. The molecule has 0 radical (unpaired) electrons. The Morgan fingerprint density at radius 1 is 1.15 bits per heavy atom. The minimum Gasteiger partial charge on any atom is -0.459 e. The Bertz CT molecular complexity index is 950. The summed E-state index contributed by atoms with van der Waals surface area (Å²) in [4.78, 5) is 23.5. The van der Waals surface area contributed by atoms with Gasteiger partial charge in [0, 0.05) is 19.2 Å². The quantitative estimate of drug-likeness (QED) is 0.678. The normalized spacial score (nSPS) is 11.5. The van der Waals surface area contributed by atoms with E-state index in [9.17, 15) is 22.8 Å².